The molecule has 2 atom stereocenters. The maximum absolute atomic E-state index is 11.7. The predicted molar refractivity (Wildman–Crippen MR) is 66.0 cm³/mol. The van der Waals surface area contributed by atoms with Gasteiger partial charge in [-0.3, -0.25) is 19.7 Å². The first-order chi connectivity index (χ1) is 8.90. The molecule has 0 saturated heterocycles. The lowest BCUT2D eigenvalue weighted by atomic mass is 10.2. The van der Waals surface area contributed by atoms with Crippen LogP contribution in [0.2, 0.25) is 5.02 Å². The number of hydrogen-bond donors (Lipinski definition) is 2. The van der Waals surface area contributed by atoms with Crippen LogP contribution in [0.15, 0.2) is 18.2 Å². The van der Waals surface area contributed by atoms with Gasteiger partial charge in [0, 0.05) is 11.8 Å². The van der Waals surface area contributed by atoms with Gasteiger partial charge in [-0.15, -0.1) is 0 Å². The van der Waals surface area contributed by atoms with E-state index in [1.54, 1.807) is 0 Å². The molecule has 1 saturated carbocycles. The summed E-state index contributed by atoms with van der Waals surface area (Å²) in [5.41, 5.74) is 0.0474. The number of benzene rings is 1. The molecule has 19 heavy (non-hydrogen) atoms. The van der Waals surface area contributed by atoms with Crippen molar-refractivity contribution in [1.29, 1.82) is 0 Å². The summed E-state index contributed by atoms with van der Waals surface area (Å²) in [5, 5.41) is 21.7. The van der Waals surface area contributed by atoms with Gasteiger partial charge in [-0.2, -0.15) is 0 Å². The van der Waals surface area contributed by atoms with E-state index in [1.165, 1.54) is 18.2 Å². The molecule has 1 aromatic carbocycles. The normalized spacial score (nSPS) is 20.7. The Kier molecular flexibility index (Phi) is 3.39. The van der Waals surface area contributed by atoms with E-state index < -0.39 is 28.6 Å². The monoisotopic (exact) mass is 284 g/mol. The molecule has 0 heterocycles. The molecular weight excluding hydrogens is 276 g/mol. The summed E-state index contributed by atoms with van der Waals surface area (Å²) < 4.78 is 0. The van der Waals surface area contributed by atoms with E-state index >= 15 is 0 Å². The quantitative estimate of drug-likeness (QED) is 0.648. The molecule has 1 amide bonds. The molecule has 0 aromatic heterocycles. The third-order valence-corrected chi connectivity index (χ3v) is 3.16. The molecule has 0 bridgehead atoms. The van der Waals surface area contributed by atoms with Crippen LogP contribution in [0, 0.1) is 22.0 Å². The summed E-state index contributed by atoms with van der Waals surface area (Å²) >= 11 is 5.70. The number of carbonyl (C=O) groups excluding carboxylic acids is 1. The fraction of sp³-hybridized carbons (Fsp3) is 0.273. The van der Waals surface area contributed by atoms with Crippen molar-refractivity contribution in [1.82, 2.24) is 0 Å². The summed E-state index contributed by atoms with van der Waals surface area (Å²) in [7, 11) is 0. The van der Waals surface area contributed by atoms with Gasteiger partial charge in [-0.25, -0.2) is 0 Å². The fourth-order valence-electron chi connectivity index (χ4n) is 1.73. The van der Waals surface area contributed by atoms with Crippen molar-refractivity contribution in [3.63, 3.8) is 0 Å². The Balaban J connectivity index is 2.04. The Bertz CT molecular complexity index is 574. The lowest BCUT2D eigenvalue weighted by Gasteiger charge is -2.05. The third-order valence-electron chi connectivity index (χ3n) is 2.86. The molecule has 8 heteroatoms. The largest absolute Gasteiger partial charge is 0.481 e. The third kappa shape index (κ3) is 2.82. The van der Waals surface area contributed by atoms with Gasteiger partial charge < -0.3 is 10.4 Å². The number of aliphatic carboxylic acids is 1. The number of nitrogens with zero attached hydrogens (tertiary/aromatic N) is 1. The number of carbonyl (C=O) groups is 2. The van der Waals surface area contributed by atoms with Crippen molar-refractivity contribution in [3.8, 4) is 0 Å². The van der Waals surface area contributed by atoms with E-state index in [-0.39, 0.29) is 10.7 Å². The van der Waals surface area contributed by atoms with Crippen LogP contribution in [-0.2, 0) is 9.59 Å². The molecule has 2 rings (SSSR count). The average molecular weight is 285 g/mol. The van der Waals surface area contributed by atoms with E-state index in [4.69, 9.17) is 16.7 Å². The van der Waals surface area contributed by atoms with Crippen LogP contribution in [0.25, 0.3) is 0 Å². The number of carboxylic acid groups (broad SMARTS) is 1. The molecular formula is C11H9ClN2O5. The SMILES string of the molecule is O=C(O)C1CC1C(=O)Nc1ccc([N+](=O)[O-])c(Cl)c1. The number of nitro benzene ring substituents is 1. The minimum Gasteiger partial charge on any atom is -0.481 e. The van der Waals surface area contributed by atoms with E-state index in [2.05, 4.69) is 5.32 Å². The maximum Gasteiger partial charge on any atom is 0.307 e. The molecule has 0 spiro atoms. The summed E-state index contributed by atoms with van der Waals surface area (Å²) in [6.07, 6.45) is 0.307. The number of nitrogens with one attached hydrogen (secondary N) is 1. The summed E-state index contributed by atoms with van der Waals surface area (Å²) in [6.45, 7) is 0. The van der Waals surface area contributed by atoms with E-state index in [0.29, 0.717) is 12.1 Å². The Labute approximate surface area is 112 Å². The molecule has 1 fully saturated rings. The van der Waals surface area contributed by atoms with E-state index in [0.717, 1.165) is 0 Å². The Morgan fingerprint density at radius 3 is 2.58 bits per heavy atom. The molecule has 100 valence electrons. The highest BCUT2D eigenvalue weighted by atomic mass is 35.5. The number of carboxylic acids is 1. The topological polar surface area (TPSA) is 110 Å². The summed E-state index contributed by atoms with van der Waals surface area (Å²) in [4.78, 5) is 32.2. The second-order valence-corrected chi connectivity index (χ2v) is 4.61. The van der Waals surface area contributed by atoms with Crippen molar-refractivity contribution >= 4 is 34.9 Å². The second kappa shape index (κ2) is 4.85. The van der Waals surface area contributed by atoms with E-state index in [1.807, 2.05) is 0 Å². The first-order valence-electron chi connectivity index (χ1n) is 5.37. The summed E-state index contributed by atoms with van der Waals surface area (Å²) in [6, 6.07) is 3.79. The van der Waals surface area contributed by atoms with Crippen LogP contribution in [-0.4, -0.2) is 21.9 Å². The molecule has 1 aromatic rings. The Hall–Kier alpha value is -2.15. The maximum atomic E-state index is 11.7. The zero-order valence-corrected chi connectivity index (χ0v) is 10.3. The first-order valence-corrected chi connectivity index (χ1v) is 5.75. The zero-order chi connectivity index (χ0) is 14.2. The minimum atomic E-state index is -0.998. The van der Waals surface area contributed by atoms with Gasteiger partial charge in [0.2, 0.25) is 5.91 Å². The van der Waals surface area contributed by atoms with Crippen LogP contribution >= 0.6 is 11.6 Å². The molecule has 2 N–H and O–H groups in total. The smallest absolute Gasteiger partial charge is 0.307 e. The highest BCUT2D eigenvalue weighted by Gasteiger charge is 2.48. The molecule has 7 nitrogen and oxygen atoms in total. The molecule has 1 aliphatic rings. The standard InChI is InChI=1S/C11H9ClN2O5/c12-8-3-5(1-2-9(8)14(18)19)13-10(15)6-4-7(6)11(16)17/h1-3,6-7H,4H2,(H,13,15)(H,16,17). The molecule has 2 unspecified atom stereocenters. The number of nitro groups is 1. The lowest BCUT2D eigenvalue weighted by molar-refractivity contribution is -0.384. The Morgan fingerprint density at radius 2 is 2.11 bits per heavy atom. The highest BCUT2D eigenvalue weighted by molar-refractivity contribution is 6.33. The van der Waals surface area contributed by atoms with Gasteiger partial charge in [0.05, 0.1) is 16.8 Å². The number of rotatable bonds is 4. The van der Waals surface area contributed by atoms with Gasteiger partial charge in [-0.05, 0) is 18.6 Å². The van der Waals surface area contributed by atoms with Crippen molar-refractivity contribution in [2.24, 2.45) is 11.8 Å². The molecule has 0 aliphatic heterocycles. The molecule has 1 aliphatic carbocycles. The molecule has 0 radical (unpaired) electrons. The van der Waals surface area contributed by atoms with Crippen LogP contribution in [0.3, 0.4) is 0 Å². The number of anilines is 1. The van der Waals surface area contributed by atoms with Crippen LogP contribution in [0.1, 0.15) is 6.42 Å². The van der Waals surface area contributed by atoms with Crippen molar-refractivity contribution < 1.29 is 19.6 Å². The number of amides is 1. The summed E-state index contributed by atoms with van der Waals surface area (Å²) in [5.74, 6) is -2.61. The number of halogens is 1. The van der Waals surface area contributed by atoms with Crippen molar-refractivity contribution in [2.45, 2.75) is 6.42 Å². The van der Waals surface area contributed by atoms with Gasteiger partial charge in [0.25, 0.3) is 5.69 Å². The van der Waals surface area contributed by atoms with Crippen molar-refractivity contribution in [2.75, 3.05) is 5.32 Å². The second-order valence-electron chi connectivity index (χ2n) is 4.20. The Morgan fingerprint density at radius 1 is 1.42 bits per heavy atom. The van der Waals surface area contributed by atoms with E-state index in [9.17, 15) is 19.7 Å². The fourth-order valence-corrected chi connectivity index (χ4v) is 1.97. The van der Waals surface area contributed by atoms with Gasteiger partial charge in [-0.1, -0.05) is 11.6 Å². The van der Waals surface area contributed by atoms with Gasteiger partial charge in [0.1, 0.15) is 5.02 Å². The lowest BCUT2D eigenvalue weighted by Crippen LogP contribution is -2.16. The van der Waals surface area contributed by atoms with Crippen LogP contribution < -0.4 is 5.32 Å². The predicted octanol–water partition coefficient (Wildman–Crippen LogP) is 1.91. The average Bonchev–Trinajstić information content (AvgIpc) is 3.08. The van der Waals surface area contributed by atoms with Gasteiger partial charge in [0.15, 0.2) is 0 Å². The van der Waals surface area contributed by atoms with Crippen LogP contribution in [0.4, 0.5) is 11.4 Å². The van der Waals surface area contributed by atoms with Gasteiger partial charge >= 0.3 is 5.97 Å². The van der Waals surface area contributed by atoms with Crippen LogP contribution in [0.5, 0.6) is 0 Å². The highest BCUT2D eigenvalue weighted by Crippen LogP contribution is 2.39. The zero-order valence-electron chi connectivity index (χ0n) is 9.50. The number of hydrogen-bond acceptors (Lipinski definition) is 4. The van der Waals surface area contributed by atoms with Crippen molar-refractivity contribution in [3.05, 3.63) is 33.3 Å². The first kappa shape index (κ1) is 13.3. The minimum absolute atomic E-state index is 0.0895.